The molecule has 1 fully saturated rings. The van der Waals surface area contributed by atoms with E-state index < -0.39 is 0 Å². The van der Waals surface area contributed by atoms with Gasteiger partial charge in [-0.1, -0.05) is 38.8 Å². The van der Waals surface area contributed by atoms with Crippen LogP contribution in [0.3, 0.4) is 0 Å². The van der Waals surface area contributed by atoms with Crippen molar-refractivity contribution in [3.8, 4) is 0 Å². The van der Waals surface area contributed by atoms with Crippen molar-refractivity contribution in [2.24, 2.45) is 10.4 Å². The van der Waals surface area contributed by atoms with E-state index in [1.807, 2.05) is 34.9 Å². The lowest BCUT2D eigenvalue weighted by Gasteiger charge is -2.31. The second-order valence-corrected chi connectivity index (χ2v) is 8.23. The Kier molecular flexibility index (Phi) is 6.26. The van der Waals surface area contributed by atoms with Gasteiger partial charge in [0.25, 0.3) is 0 Å². The van der Waals surface area contributed by atoms with Crippen LogP contribution in [0.2, 0.25) is 0 Å². The highest BCUT2D eigenvalue weighted by atomic mass is 16.5. The second kappa shape index (κ2) is 8.05. The molecule has 1 aliphatic carbocycles. The molecule has 0 radical (unpaired) electrons. The zero-order valence-electron chi connectivity index (χ0n) is 16.8. The fourth-order valence-corrected chi connectivity index (χ4v) is 3.26. The van der Waals surface area contributed by atoms with Gasteiger partial charge in [-0.05, 0) is 12.8 Å². The van der Waals surface area contributed by atoms with Crippen LogP contribution in [0.4, 0.5) is 0 Å². The van der Waals surface area contributed by atoms with E-state index in [2.05, 4.69) is 25.8 Å². The third-order valence-electron chi connectivity index (χ3n) is 4.76. The number of rotatable bonds is 5. The van der Waals surface area contributed by atoms with Crippen LogP contribution in [0.1, 0.15) is 58.2 Å². The van der Waals surface area contributed by atoms with Gasteiger partial charge in [0.15, 0.2) is 11.8 Å². The van der Waals surface area contributed by atoms with Crippen LogP contribution in [-0.2, 0) is 16.8 Å². The van der Waals surface area contributed by atoms with Crippen molar-refractivity contribution in [1.82, 2.24) is 25.7 Å². The van der Waals surface area contributed by atoms with Gasteiger partial charge in [0.1, 0.15) is 0 Å². The van der Waals surface area contributed by atoms with Crippen molar-refractivity contribution in [2.45, 2.75) is 58.4 Å². The van der Waals surface area contributed by atoms with Crippen molar-refractivity contribution in [3.63, 3.8) is 0 Å². The minimum Gasteiger partial charge on any atom is -0.355 e. The Bertz CT molecular complexity index is 638. The smallest absolute Gasteiger partial charge is 0.232 e. The number of hydrogen-bond acceptors (Lipinski definition) is 5. The van der Waals surface area contributed by atoms with E-state index in [0.29, 0.717) is 30.8 Å². The van der Waals surface area contributed by atoms with Crippen LogP contribution in [0.25, 0.3) is 0 Å². The largest absolute Gasteiger partial charge is 0.355 e. The van der Waals surface area contributed by atoms with Gasteiger partial charge in [0.2, 0.25) is 11.8 Å². The average Bonchev–Trinajstić information content (AvgIpc) is 3.24. The molecule has 2 N–H and O–H groups in total. The molecule has 1 amide bonds. The quantitative estimate of drug-likeness (QED) is 0.610. The molecule has 0 saturated heterocycles. The van der Waals surface area contributed by atoms with Crippen molar-refractivity contribution in [2.75, 3.05) is 27.7 Å². The first-order chi connectivity index (χ1) is 12.2. The highest BCUT2D eigenvalue weighted by molar-refractivity contribution is 5.85. The van der Waals surface area contributed by atoms with Crippen molar-refractivity contribution < 1.29 is 9.32 Å². The Morgan fingerprint density at radius 1 is 1.27 bits per heavy atom. The van der Waals surface area contributed by atoms with Crippen LogP contribution < -0.4 is 10.6 Å². The standard InChI is InChI=1S/C18H32N6O2/c1-17(2,3)14-22-13(23-26-14)11-20-16(19-4)21-12-18(9-7-8-10-18)15(25)24(5)6/h7-12H2,1-6H3,(H2,19,20,21). The van der Waals surface area contributed by atoms with Gasteiger partial charge in [0, 0.05) is 33.1 Å². The van der Waals surface area contributed by atoms with E-state index in [-0.39, 0.29) is 16.7 Å². The fraction of sp³-hybridized carbons (Fsp3) is 0.778. The van der Waals surface area contributed by atoms with Gasteiger partial charge in [-0.15, -0.1) is 0 Å². The van der Waals surface area contributed by atoms with Crippen LogP contribution >= 0.6 is 0 Å². The number of nitrogens with one attached hydrogen (secondary N) is 2. The van der Waals surface area contributed by atoms with Crippen molar-refractivity contribution in [1.29, 1.82) is 0 Å². The molecule has 1 heterocycles. The minimum absolute atomic E-state index is 0.174. The molecule has 146 valence electrons. The van der Waals surface area contributed by atoms with E-state index >= 15 is 0 Å². The lowest BCUT2D eigenvalue weighted by molar-refractivity contribution is -0.138. The maximum absolute atomic E-state index is 12.6. The summed E-state index contributed by atoms with van der Waals surface area (Å²) in [5, 5.41) is 10.5. The molecule has 1 aromatic rings. The zero-order valence-corrected chi connectivity index (χ0v) is 16.8. The second-order valence-electron chi connectivity index (χ2n) is 8.23. The molecule has 0 spiro atoms. The molecule has 8 nitrogen and oxygen atoms in total. The first-order valence-corrected chi connectivity index (χ1v) is 9.17. The molecule has 8 heteroatoms. The fourth-order valence-electron chi connectivity index (χ4n) is 3.26. The van der Waals surface area contributed by atoms with Gasteiger partial charge >= 0.3 is 0 Å². The average molecular weight is 364 g/mol. The van der Waals surface area contributed by atoms with Crippen molar-refractivity contribution >= 4 is 11.9 Å². The summed E-state index contributed by atoms with van der Waals surface area (Å²) < 4.78 is 5.30. The predicted octanol–water partition coefficient (Wildman–Crippen LogP) is 1.68. The molecular weight excluding hydrogens is 332 g/mol. The van der Waals surface area contributed by atoms with Gasteiger partial charge in [-0.3, -0.25) is 9.79 Å². The lowest BCUT2D eigenvalue weighted by atomic mass is 9.84. The Labute approximate surface area is 155 Å². The van der Waals surface area contributed by atoms with Crippen LogP contribution in [0.15, 0.2) is 9.52 Å². The third-order valence-corrected chi connectivity index (χ3v) is 4.76. The topological polar surface area (TPSA) is 95.6 Å². The van der Waals surface area contributed by atoms with Crippen LogP contribution in [0.5, 0.6) is 0 Å². The van der Waals surface area contributed by atoms with Crippen molar-refractivity contribution in [3.05, 3.63) is 11.7 Å². The Balaban J connectivity index is 1.93. The maximum Gasteiger partial charge on any atom is 0.232 e. The van der Waals surface area contributed by atoms with Crippen LogP contribution in [-0.4, -0.2) is 54.6 Å². The van der Waals surface area contributed by atoms with E-state index in [4.69, 9.17) is 4.52 Å². The molecule has 0 atom stereocenters. The Hall–Kier alpha value is -2.12. The molecule has 1 saturated carbocycles. The van der Waals surface area contributed by atoms with Crippen LogP contribution in [0, 0.1) is 5.41 Å². The Morgan fingerprint density at radius 3 is 2.42 bits per heavy atom. The summed E-state index contributed by atoms with van der Waals surface area (Å²) in [6.45, 7) is 7.07. The summed E-state index contributed by atoms with van der Waals surface area (Å²) in [5.41, 5.74) is -0.515. The number of aliphatic imine (C=N–C) groups is 1. The van der Waals surface area contributed by atoms with E-state index in [1.54, 1.807) is 11.9 Å². The highest BCUT2D eigenvalue weighted by Crippen LogP contribution is 2.38. The molecule has 2 rings (SSSR count). The molecule has 1 aliphatic rings. The molecule has 0 aromatic carbocycles. The summed E-state index contributed by atoms with van der Waals surface area (Å²) in [6, 6.07) is 0. The summed E-state index contributed by atoms with van der Waals surface area (Å²) >= 11 is 0. The SMILES string of the molecule is CN=C(NCc1noc(C(C)(C)C)n1)NCC1(C(=O)N(C)C)CCCC1. The molecule has 0 unspecified atom stereocenters. The number of nitrogens with zero attached hydrogens (tertiary/aromatic N) is 4. The van der Waals surface area contributed by atoms with Gasteiger partial charge < -0.3 is 20.1 Å². The van der Waals surface area contributed by atoms with Gasteiger partial charge in [-0.2, -0.15) is 4.98 Å². The minimum atomic E-state index is -0.341. The zero-order chi connectivity index (χ0) is 19.4. The summed E-state index contributed by atoms with van der Waals surface area (Å²) in [4.78, 5) is 23.0. The van der Waals surface area contributed by atoms with Gasteiger partial charge in [-0.25, -0.2) is 0 Å². The number of aromatic nitrogens is 2. The van der Waals surface area contributed by atoms with E-state index in [1.165, 1.54) is 0 Å². The molecule has 0 bridgehead atoms. The summed E-state index contributed by atoms with van der Waals surface area (Å²) in [5.74, 6) is 2.01. The van der Waals surface area contributed by atoms with Gasteiger partial charge in [0.05, 0.1) is 12.0 Å². The number of guanidine groups is 1. The summed E-state index contributed by atoms with van der Waals surface area (Å²) in [6.07, 6.45) is 4.00. The summed E-state index contributed by atoms with van der Waals surface area (Å²) in [7, 11) is 5.35. The number of carbonyl (C=O) groups excluding carboxylic acids is 1. The maximum atomic E-state index is 12.6. The number of carbonyl (C=O) groups is 1. The molecule has 26 heavy (non-hydrogen) atoms. The normalized spacial score (nSPS) is 17.2. The third kappa shape index (κ3) is 4.74. The monoisotopic (exact) mass is 364 g/mol. The van der Waals surface area contributed by atoms with E-state index in [9.17, 15) is 4.79 Å². The molecule has 0 aliphatic heterocycles. The Morgan fingerprint density at radius 2 is 1.92 bits per heavy atom. The lowest BCUT2D eigenvalue weighted by Crippen LogP contribution is -2.49. The first kappa shape index (κ1) is 20.2. The first-order valence-electron chi connectivity index (χ1n) is 9.17. The van der Waals surface area contributed by atoms with E-state index in [0.717, 1.165) is 25.7 Å². The molecular formula is C18H32N6O2. The molecule has 1 aromatic heterocycles. The number of hydrogen-bond donors (Lipinski definition) is 2. The predicted molar refractivity (Wildman–Crippen MR) is 101 cm³/mol. The number of amides is 1. The highest BCUT2D eigenvalue weighted by Gasteiger charge is 2.42.